The van der Waals surface area contributed by atoms with Crippen molar-refractivity contribution in [3.63, 3.8) is 0 Å². The summed E-state index contributed by atoms with van der Waals surface area (Å²) in [6.45, 7) is 3.27. The zero-order chi connectivity index (χ0) is 16.4. The number of thiazole rings is 1. The number of ether oxygens (including phenoxy) is 1. The van der Waals surface area contributed by atoms with Crippen molar-refractivity contribution in [2.24, 2.45) is 0 Å². The first-order valence-corrected chi connectivity index (χ1v) is 9.06. The van der Waals surface area contributed by atoms with E-state index < -0.39 is 0 Å². The molecule has 0 amide bonds. The first kappa shape index (κ1) is 15.6. The van der Waals surface area contributed by atoms with Gasteiger partial charge in [0, 0.05) is 40.8 Å². The molecule has 0 aliphatic carbocycles. The van der Waals surface area contributed by atoms with Gasteiger partial charge < -0.3 is 9.64 Å². The van der Waals surface area contributed by atoms with Gasteiger partial charge in [0.2, 0.25) is 0 Å². The number of aromatic nitrogens is 2. The van der Waals surface area contributed by atoms with Gasteiger partial charge in [0.1, 0.15) is 10.8 Å². The lowest BCUT2D eigenvalue weighted by atomic mass is 10.2. The molecule has 0 spiro atoms. The quantitative estimate of drug-likeness (QED) is 0.698. The largest absolute Gasteiger partial charge is 0.378 e. The van der Waals surface area contributed by atoms with Crippen LogP contribution in [0.1, 0.15) is 0 Å². The van der Waals surface area contributed by atoms with Crippen LogP contribution < -0.4 is 4.90 Å². The van der Waals surface area contributed by atoms with Gasteiger partial charge in [-0.25, -0.2) is 9.97 Å². The average Bonchev–Trinajstić information content (AvgIpc) is 3.13. The molecule has 0 unspecified atom stereocenters. The van der Waals surface area contributed by atoms with Crippen molar-refractivity contribution in [2.45, 2.75) is 0 Å². The van der Waals surface area contributed by atoms with Gasteiger partial charge in [-0.05, 0) is 24.3 Å². The Morgan fingerprint density at radius 3 is 2.62 bits per heavy atom. The molecule has 24 heavy (non-hydrogen) atoms. The molecule has 1 fully saturated rings. The van der Waals surface area contributed by atoms with E-state index in [1.54, 1.807) is 11.3 Å². The van der Waals surface area contributed by atoms with E-state index in [1.165, 1.54) is 0 Å². The third-order valence-electron chi connectivity index (χ3n) is 3.97. The van der Waals surface area contributed by atoms with E-state index in [9.17, 15) is 0 Å². The topological polar surface area (TPSA) is 38.2 Å². The van der Waals surface area contributed by atoms with Crippen LogP contribution in [0, 0.1) is 0 Å². The van der Waals surface area contributed by atoms with Gasteiger partial charge in [-0.1, -0.05) is 23.7 Å². The van der Waals surface area contributed by atoms with Crippen LogP contribution in [0.2, 0.25) is 5.02 Å². The van der Waals surface area contributed by atoms with Crippen LogP contribution in [0.15, 0.2) is 48.0 Å². The van der Waals surface area contributed by atoms with E-state index in [1.807, 2.05) is 36.5 Å². The van der Waals surface area contributed by atoms with Crippen LogP contribution >= 0.6 is 22.9 Å². The van der Waals surface area contributed by atoms with E-state index in [-0.39, 0.29) is 0 Å². The number of anilines is 1. The molecule has 4 nitrogen and oxygen atoms in total. The predicted octanol–water partition coefficient (Wildman–Crippen LogP) is 4.36. The molecule has 3 heterocycles. The van der Waals surface area contributed by atoms with Crippen LogP contribution in [0.4, 0.5) is 5.82 Å². The number of halogens is 1. The SMILES string of the molecule is Clc1ccc(-c2csc(-c3ccnc(N4CCOCC4)c3)n2)cc1. The fourth-order valence-electron chi connectivity index (χ4n) is 2.68. The predicted molar refractivity (Wildman–Crippen MR) is 98.8 cm³/mol. The number of nitrogens with zero attached hydrogens (tertiary/aromatic N) is 3. The van der Waals surface area contributed by atoms with Gasteiger partial charge in [-0.15, -0.1) is 11.3 Å². The van der Waals surface area contributed by atoms with Crippen molar-refractivity contribution in [1.29, 1.82) is 0 Å². The molecule has 0 saturated carbocycles. The molecular weight excluding hydrogens is 342 g/mol. The minimum Gasteiger partial charge on any atom is -0.378 e. The molecule has 1 aliphatic heterocycles. The Morgan fingerprint density at radius 2 is 1.83 bits per heavy atom. The van der Waals surface area contributed by atoms with Gasteiger partial charge in [-0.3, -0.25) is 0 Å². The number of hydrogen-bond donors (Lipinski definition) is 0. The summed E-state index contributed by atoms with van der Waals surface area (Å²) in [7, 11) is 0. The molecule has 1 aliphatic rings. The van der Waals surface area contributed by atoms with Crippen LogP contribution in [-0.2, 0) is 4.74 Å². The minimum absolute atomic E-state index is 0.735. The third-order valence-corrected chi connectivity index (χ3v) is 5.12. The summed E-state index contributed by atoms with van der Waals surface area (Å²) in [4.78, 5) is 11.5. The van der Waals surface area contributed by atoms with E-state index in [0.717, 1.165) is 59.0 Å². The molecule has 122 valence electrons. The van der Waals surface area contributed by atoms with Crippen LogP contribution in [0.5, 0.6) is 0 Å². The minimum atomic E-state index is 0.735. The summed E-state index contributed by atoms with van der Waals surface area (Å²) in [5.74, 6) is 0.985. The number of benzene rings is 1. The van der Waals surface area contributed by atoms with Crippen molar-refractivity contribution in [2.75, 3.05) is 31.2 Å². The maximum Gasteiger partial charge on any atom is 0.129 e. The highest BCUT2D eigenvalue weighted by atomic mass is 35.5. The number of morpholine rings is 1. The third kappa shape index (κ3) is 3.29. The summed E-state index contributed by atoms with van der Waals surface area (Å²) in [6.07, 6.45) is 1.85. The fourth-order valence-corrected chi connectivity index (χ4v) is 3.63. The molecule has 0 N–H and O–H groups in total. The molecule has 3 aromatic rings. The van der Waals surface area contributed by atoms with Crippen molar-refractivity contribution in [3.05, 3.63) is 53.0 Å². The molecule has 6 heteroatoms. The first-order chi connectivity index (χ1) is 11.8. The Hall–Kier alpha value is -1.95. The second-order valence-corrected chi connectivity index (χ2v) is 6.84. The summed E-state index contributed by atoms with van der Waals surface area (Å²) in [5.41, 5.74) is 3.14. The average molecular weight is 358 g/mol. The fraction of sp³-hybridized carbons (Fsp3) is 0.222. The second kappa shape index (κ2) is 6.89. The number of hydrogen-bond acceptors (Lipinski definition) is 5. The monoisotopic (exact) mass is 357 g/mol. The molecule has 0 atom stereocenters. The van der Waals surface area contributed by atoms with Gasteiger partial charge in [0.25, 0.3) is 0 Å². The zero-order valence-electron chi connectivity index (χ0n) is 13.0. The Bertz CT molecular complexity index is 828. The van der Waals surface area contributed by atoms with E-state index in [0.29, 0.717) is 0 Å². The number of pyridine rings is 1. The Labute approximate surface area is 149 Å². The maximum absolute atomic E-state index is 5.95. The zero-order valence-corrected chi connectivity index (χ0v) is 14.6. The molecule has 2 aromatic heterocycles. The van der Waals surface area contributed by atoms with Crippen molar-refractivity contribution >= 4 is 28.8 Å². The lowest BCUT2D eigenvalue weighted by Gasteiger charge is -2.27. The molecule has 0 radical (unpaired) electrons. The summed E-state index contributed by atoms with van der Waals surface area (Å²) in [6, 6.07) is 11.9. The molecular formula is C18H16ClN3OS. The van der Waals surface area contributed by atoms with Gasteiger partial charge in [0.05, 0.1) is 18.9 Å². The molecule has 1 aromatic carbocycles. The van der Waals surface area contributed by atoms with Gasteiger partial charge in [-0.2, -0.15) is 0 Å². The van der Waals surface area contributed by atoms with E-state index in [2.05, 4.69) is 21.3 Å². The molecule has 4 rings (SSSR count). The summed E-state index contributed by atoms with van der Waals surface area (Å²) in [5, 5.41) is 3.81. The molecule has 1 saturated heterocycles. The highest BCUT2D eigenvalue weighted by Gasteiger charge is 2.14. The van der Waals surface area contributed by atoms with E-state index >= 15 is 0 Å². The normalized spacial score (nSPS) is 14.8. The highest BCUT2D eigenvalue weighted by Crippen LogP contribution is 2.30. The lowest BCUT2D eigenvalue weighted by Crippen LogP contribution is -2.36. The summed E-state index contributed by atoms with van der Waals surface area (Å²) >= 11 is 7.60. The Kier molecular flexibility index (Phi) is 4.47. The smallest absolute Gasteiger partial charge is 0.129 e. The van der Waals surface area contributed by atoms with Crippen LogP contribution in [-0.4, -0.2) is 36.3 Å². The van der Waals surface area contributed by atoms with Crippen molar-refractivity contribution in [1.82, 2.24) is 9.97 Å². The van der Waals surface area contributed by atoms with Crippen molar-refractivity contribution < 1.29 is 4.74 Å². The first-order valence-electron chi connectivity index (χ1n) is 7.80. The Balaban J connectivity index is 1.61. The van der Waals surface area contributed by atoms with Crippen molar-refractivity contribution in [3.8, 4) is 21.8 Å². The van der Waals surface area contributed by atoms with Gasteiger partial charge >= 0.3 is 0 Å². The summed E-state index contributed by atoms with van der Waals surface area (Å²) < 4.78 is 5.41. The number of rotatable bonds is 3. The lowest BCUT2D eigenvalue weighted by molar-refractivity contribution is 0.122. The second-order valence-electron chi connectivity index (χ2n) is 5.55. The van der Waals surface area contributed by atoms with E-state index in [4.69, 9.17) is 21.3 Å². The highest BCUT2D eigenvalue weighted by molar-refractivity contribution is 7.13. The van der Waals surface area contributed by atoms with Crippen LogP contribution in [0.25, 0.3) is 21.8 Å². The molecule has 0 bridgehead atoms. The van der Waals surface area contributed by atoms with Crippen LogP contribution in [0.3, 0.4) is 0 Å². The standard InChI is InChI=1S/C18H16ClN3OS/c19-15-3-1-13(2-4-15)16-12-24-18(21-16)14-5-6-20-17(11-14)22-7-9-23-10-8-22/h1-6,11-12H,7-10H2. The maximum atomic E-state index is 5.95. The Morgan fingerprint density at radius 1 is 1.04 bits per heavy atom. The van der Waals surface area contributed by atoms with Gasteiger partial charge in [0.15, 0.2) is 0 Å².